The molecule has 2 aliphatic rings. The molecule has 0 radical (unpaired) electrons. The number of piperidine rings is 1. The molecule has 0 saturated carbocycles. The zero-order valence-corrected chi connectivity index (χ0v) is 11.9. The Morgan fingerprint density at radius 3 is 2.85 bits per heavy atom. The van der Waals surface area contributed by atoms with E-state index in [9.17, 15) is 4.79 Å². The number of pyridine rings is 1. The van der Waals surface area contributed by atoms with Gasteiger partial charge in [0.15, 0.2) is 5.17 Å². The molecule has 3 rings (SSSR count). The van der Waals surface area contributed by atoms with Crippen molar-refractivity contribution in [2.24, 2.45) is 4.99 Å². The fourth-order valence-electron chi connectivity index (χ4n) is 2.30. The van der Waals surface area contributed by atoms with Crippen LogP contribution in [0.25, 0.3) is 6.08 Å². The maximum Gasteiger partial charge on any atom is 0.286 e. The summed E-state index contributed by atoms with van der Waals surface area (Å²) in [5.74, 6) is -0.182. The summed E-state index contributed by atoms with van der Waals surface area (Å²) in [5, 5.41) is 0.823. The third kappa shape index (κ3) is 2.70. The minimum atomic E-state index is -0.182. The molecule has 20 heavy (non-hydrogen) atoms. The van der Waals surface area contributed by atoms with E-state index in [-0.39, 0.29) is 5.91 Å². The van der Waals surface area contributed by atoms with E-state index in [1.165, 1.54) is 31.0 Å². The predicted octanol–water partition coefficient (Wildman–Crippen LogP) is 2.12. The first-order chi connectivity index (χ1) is 9.74. The summed E-state index contributed by atoms with van der Waals surface area (Å²) in [5.41, 5.74) is 7.25. The Morgan fingerprint density at radius 1 is 1.30 bits per heavy atom. The van der Waals surface area contributed by atoms with Gasteiger partial charge in [-0.1, -0.05) is 0 Å². The molecule has 0 spiro atoms. The van der Waals surface area contributed by atoms with Gasteiger partial charge in [0.25, 0.3) is 5.91 Å². The molecule has 6 heteroatoms. The average molecular weight is 288 g/mol. The molecule has 1 aromatic rings. The number of nitrogens with zero attached hydrogens (tertiary/aromatic N) is 3. The van der Waals surface area contributed by atoms with Crippen molar-refractivity contribution in [2.75, 3.05) is 18.8 Å². The lowest BCUT2D eigenvalue weighted by molar-refractivity contribution is -0.113. The third-order valence-electron chi connectivity index (χ3n) is 3.41. The van der Waals surface area contributed by atoms with Crippen molar-refractivity contribution in [3.05, 3.63) is 28.9 Å². The van der Waals surface area contributed by atoms with E-state index < -0.39 is 0 Å². The van der Waals surface area contributed by atoms with E-state index in [2.05, 4.69) is 14.9 Å². The molecule has 5 nitrogen and oxygen atoms in total. The van der Waals surface area contributed by atoms with Crippen LogP contribution in [0.1, 0.15) is 24.8 Å². The van der Waals surface area contributed by atoms with Crippen molar-refractivity contribution < 1.29 is 4.79 Å². The first-order valence-corrected chi connectivity index (χ1v) is 7.53. The highest BCUT2D eigenvalue weighted by Gasteiger charge is 2.26. The highest BCUT2D eigenvalue weighted by Crippen LogP contribution is 2.32. The molecule has 1 saturated heterocycles. The van der Waals surface area contributed by atoms with Crippen LogP contribution < -0.4 is 5.73 Å². The number of aliphatic imine (C=N–C) groups is 1. The number of anilines is 1. The van der Waals surface area contributed by atoms with E-state index in [1.54, 1.807) is 24.5 Å². The Kier molecular flexibility index (Phi) is 3.73. The Bertz CT molecular complexity index is 591. The maximum atomic E-state index is 12.0. The van der Waals surface area contributed by atoms with Crippen molar-refractivity contribution in [1.29, 1.82) is 0 Å². The lowest BCUT2D eigenvalue weighted by atomic mass is 10.1. The summed E-state index contributed by atoms with van der Waals surface area (Å²) < 4.78 is 0. The van der Waals surface area contributed by atoms with Gasteiger partial charge in [-0.3, -0.25) is 9.78 Å². The number of rotatable bonds is 1. The number of aromatic nitrogens is 1. The van der Waals surface area contributed by atoms with Crippen LogP contribution in [0.4, 0.5) is 5.69 Å². The number of thioether (sulfide) groups is 1. The van der Waals surface area contributed by atoms with E-state index in [0.29, 0.717) is 10.6 Å². The number of nitrogen functional groups attached to an aromatic ring is 1. The van der Waals surface area contributed by atoms with Crippen LogP contribution >= 0.6 is 11.8 Å². The van der Waals surface area contributed by atoms with Crippen LogP contribution in [0.3, 0.4) is 0 Å². The first kappa shape index (κ1) is 13.2. The second-order valence-corrected chi connectivity index (χ2v) is 5.87. The molecule has 0 aliphatic carbocycles. The van der Waals surface area contributed by atoms with Gasteiger partial charge in [-0.05, 0) is 43.2 Å². The Balaban J connectivity index is 1.78. The quantitative estimate of drug-likeness (QED) is 0.801. The molecule has 2 N–H and O–H groups in total. The van der Waals surface area contributed by atoms with Crippen LogP contribution in [0.15, 0.2) is 28.4 Å². The topological polar surface area (TPSA) is 71.6 Å². The fourth-order valence-corrected chi connectivity index (χ4v) is 3.25. The van der Waals surface area contributed by atoms with Gasteiger partial charge in [0.2, 0.25) is 0 Å². The van der Waals surface area contributed by atoms with Gasteiger partial charge in [0.05, 0.1) is 4.91 Å². The Labute approximate surface area is 122 Å². The molecule has 104 valence electrons. The Morgan fingerprint density at radius 2 is 2.10 bits per heavy atom. The van der Waals surface area contributed by atoms with E-state index in [1.807, 2.05) is 0 Å². The van der Waals surface area contributed by atoms with E-state index in [0.717, 1.165) is 23.8 Å². The lowest BCUT2D eigenvalue weighted by Gasteiger charge is -2.27. The van der Waals surface area contributed by atoms with Crippen molar-refractivity contribution >= 4 is 34.6 Å². The van der Waals surface area contributed by atoms with Crippen molar-refractivity contribution in [1.82, 2.24) is 9.88 Å². The number of nitrogens with two attached hydrogens (primary N) is 1. The SMILES string of the molecule is Nc1ccncc1/C=C1/SC(N2CCCCC2)=NC1=O. The summed E-state index contributed by atoms with van der Waals surface area (Å²) in [6.07, 6.45) is 8.67. The highest BCUT2D eigenvalue weighted by atomic mass is 32.2. The van der Waals surface area contributed by atoms with Crippen molar-refractivity contribution in [3.8, 4) is 0 Å². The monoisotopic (exact) mass is 288 g/mol. The van der Waals surface area contributed by atoms with Gasteiger partial charge in [0, 0.05) is 36.7 Å². The number of hydrogen-bond acceptors (Lipinski definition) is 5. The molecule has 0 unspecified atom stereocenters. The Hall–Kier alpha value is -1.82. The van der Waals surface area contributed by atoms with Crippen LogP contribution in [0.2, 0.25) is 0 Å². The number of amides is 1. The largest absolute Gasteiger partial charge is 0.398 e. The minimum Gasteiger partial charge on any atom is -0.398 e. The fraction of sp³-hybridized carbons (Fsp3) is 0.357. The van der Waals surface area contributed by atoms with Gasteiger partial charge in [0.1, 0.15) is 0 Å². The molecule has 2 aliphatic heterocycles. The summed E-state index contributed by atoms with van der Waals surface area (Å²) in [7, 11) is 0. The van der Waals surface area contributed by atoms with Crippen LogP contribution in [0, 0.1) is 0 Å². The van der Waals surface area contributed by atoms with Crippen molar-refractivity contribution in [2.45, 2.75) is 19.3 Å². The molecule has 0 aromatic carbocycles. The second-order valence-electron chi connectivity index (χ2n) is 4.86. The second kappa shape index (κ2) is 5.66. The molecule has 1 fully saturated rings. The zero-order valence-electron chi connectivity index (χ0n) is 11.1. The van der Waals surface area contributed by atoms with Gasteiger partial charge < -0.3 is 10.6 Å². The number of likely N-dealkylation sites (tertiary alicyclic amines) is 1. The van der Waals surface area contributed by atoms with E-state index >= 15 is 0 Å². The number of carbonyl (C=O) groups excluding carboxylic acids is 1. The smallest absolute Gasteiger partial charge is 0.286 e. The summed E-state index contributed by atoms with van der Waals surface area (Å²) in [6.45, 7) is 1.98. The van der Waals surface area contributed by atoms with Gasteiger partial charge in [-0.15, -0.1) is 0 Å². The molecular weight excluding hydrogens is 272 g/mol. The van der Waals surface area contributed by atoms with Crippen molar-refractivity contribution in [3.63, 3.8) is 0 Å². The molecule has 0 bridgehead atoms. The number of hydrogen-bond donors (Lipinski definition) is 1. The summed E-state index contributed by atoms with van der Waals surface area (Å²) in [6, 6.07) is 1.73. The number of amidine groups is 1. The summed E-state index contributed by atoms with van der Waals surface area (Å²) in [4.78, 5) is 23.0. The van der Waals surface area contributed by atoms with E-state index in [4.69, 9.17) is 5.73 Å². The number of carbonyl (C=O) groups is 1. The highest BCUT2D eigenvalue weighted by molar-refractivity contribution is 8.18. The molecule has 1 aromatic heterocycles. The van der Waals surface area contributed by atoms with Crippen LogP contribution in [0.5, 0.6) is 0 Å². The normalized spacial score (nSPS) is 21.4. The van der Waals surface area contributed by atoms with Crippen LogP contribution in [-0.4, -0.2) is 34.0 Å². The average Bonchev–Trinajstić information content (AvgIpc) is 2.84. The predicted molar refractivity (Wildman–Crippen MR) is 82.1 cm³/mol. The minimum absolute atomic E-state index is 0.182. The molecule has 3 heterocycles. The van der Waals surface area contributed by atoms with Gasteiger partial charge in [-0.25, -0.2) is 0 Å². The first-order valence-electron chi connectivity index (χ1n) is 6.71. The lowest BCUT2D eigenvalue weighted by Crippen LogP contribution is -2.33. The molecular formula is C14H16N4OS. The maximum absolute atomic E-state index is 12.0. The molecule has 1 amide bonds. The van der Waals surface area contributed by atoms with Gasteiger partial charge in [-0.2, -0.15) is 4.99 Å². The third-order valence-corrected chi connectivity index (χ3v) is 4.45. The van der Waals surface area contributed by atoms with Crippen LogP contribution in [-0.2, 0) is 4.79 Å². The summed E-state index contributed by atoms with van der Waals surface area (Å²) >= 11 is 1.43. The molecule has 0 atom stereocenters. The standard InChI is InChI=1S/C14H16N4OS/c15-11-4-5-16-9-10(11)8-12-13(19)17-14(20-12)18-6-2-1-3-7-18/h4-5,8-9H,1-3,6-7H2,(H2,15,16)/b12-8+. The zero-order chi connectivity index (χ0) is 13.9. The van der Waals surface area contributed by atoms with Gasteiger partial charge >= 0.3 is 0 Å².